The number of hydrogen-bond acceptors (Lipinski definition) is 4. The number of nitrogens with zero attached hydrogens (tertiary/aromatic N) is 4. The fourth-order valence-corrected chi connectivity index (χ4v) is 3.96. The van der Waals surface area contributed by atoms with Crippen LogP contribution in [0.2, 0.25) is 0 Å². The Morgan fingerprint density at radius 3 is 2.86 bits per heavy atom. The maximum Gasteiger partial charge on any atom is 0.193 e. The molecule has 0 atom stereocenters. The van der Waals surface area contributed by atoms with Crippen molar-refractivity contribution in [1.82, 2.24) is 25.3 Å². The fourth-order valence-electron chi connectivity index (χ4n) is 3.96. The number of hydrogen-bond donors (Lipinski definition) is 2. The molecular formula is C21H28N6O. The highest BCUT2D eigenvalue weighted by molar-refractivity contribution is 5.86. The average Bonchev–Trinajstić information content (AvgIpc) is 3.37. The number of H-pyrrole nitrogens is 1. The molecule has 0 unspecified atom stereocenters. The molecule has 28 heavy (non-hydrogen) atoms. The van der Waals surface area contributed by atoms with Crippen LogP contribution in [0, 0.1) is 6.92 Å². The van der Waals surface area contributed by atoms with Crippen molar-refractivity contribution in [2.24, 2.45) is 4.99 Å². The largest absolute Gasteiger partial charge is 0.364 e. The van der Waals surface area contributed by atoms with Crippen LogP contribution in [0.3, 0.4) is 0 Å². The summed E-state index contributed by atoms with van der Waals surface area (Å²) in [5, 5.41) is 8.89. The Morgan fingerprint density at radius 2 is 2.11 bits per heavy atom. The van der Waals surface area contributed by atoms with Gasteiger partial charge in [0.25, 0.3) is 0 Å². The monoisotopic (exact) mass is 380 g/mol. The van der Waals surface area contributed by atoms with E-state index < -0.39 is 0 Å². The smallest absolute Gasteiger partial charge is 0.193 e. The summed E-state index contributed by atoms with van der Waals surface area (Å²) < 4.78 is 4.92. The third-order valence-corrected chi connectivity index (χ3v) is 5.43. The Kier molecular flexibility index (Phi) is 5.62. The number of fused-ring (bicyclic) bond motifs is 1. The van der Waals surface area contributed by atoms with Crippen molar-refractivity contribution in [3.63, 3.8) is 0 Å². The molecule has 1 aromatic carbocycles. The van der Waals surface area contributed by atoms with Crippen molar-refractivity contribution in [2.45, 2.75) is 19.9 Å². The third kappa shape index (κ3) is 4.04. The van der Waals surface area contributed by atoms with Gasteiger partial charge in [0, 0.05) is 69.5 Å². The summed E-state index contributed by atoms with van der Waals surface area (Å²) >= 11 is 0. The van der Waals surface area contributed by atoms with E-state index in [4.69, 9.17) is 4.52 Å². The summed E-state index contributed by atoms with van der Waals surface area (Å²) in [7, 11) is 1.86. The second-order valence-corrected chi connectivity index (χ2v) is 7.29. The summed E-state index contributed by atoms with van der Waals surface area (Å²) in [5.41, 5.74) is 4.88. The Morgan fingerprint density at radius 1 is 1.25 bits per heavy atom. The van der Waals surface area contributed by atoms with E-state index >= 15 is 0 Å². The average molecular weight is 380 g/mol. The first-order valence-electron chi connectivity index (χ1n) is 9.87. The Bertz CT molecular complexity index is 922. The first kappa shape index (κ1) is 18.6. The van der Waals surface area contributed by atoms with Gasteiger partial charge < -0.3 is 19.7 Å². The molecule has 0 radical (unpaired) electrons. The molecule has 1 aliphatic heterocycles. The molecule has 1 aliphatic rings. The summed E-state index contributed by atoms with van der Waals surface area (Å²) in [5.74, 6) is 0.984. The predicted octanol–water partition coefficient (Wildman–Crippen LogP) is 2.40. The molecule has 7 heteroatoms. The van der Waals surface area contributed by atoms with E-state index in [0.29, 0.717) is 0 Å². The van der Waals surface area contributed by atoms with Crippen molar-refractivity contribution >= 4 is 16.9 Å². The van der Waals surface area contributed by atoms with Gasteiger partial charge in [-0.05, 0) is 30.5 Å². The topological polar surface area (TPSA) is 72.7 Å². The Balaban J connectivity index is 1.28. The highest BCUT2D eigenvalue weighted by Crippen LogP contribution is 2.22. The van der Waals surface area contributed by atoms with E-state index in [1.54, 1.807) is 6.26 Å². The summed E-state index contributed by atoms with van der Waals surface area (Å²) in [6.45, 7) is 7.80. The molecule has 0 bridgehead atoms. The molecule has 2 N–H and O–H groups in total. The van der Waals surface area contributed by atoms with E-state index in [0.717, 1.165) is 57.3 Å². The van der Waals surface area contributed by atoms with Gasteiger partial charge in [0.05, 0.1) is 5.69 Å². The minimum Gasteiger partial charge on any atom is -0.364 e. The first-order chi connectivity index (χ1) is 13.7. The number of nitrogens with one attached hydrogen (secondary N) is 2. The minimum absolute atomic E-state index is 0.844. The predicted molar refractivity (Wildman–Crippen MR) is 111 cm³/mol. The number of benzene rings is 1. The second-order valence-electron chi connectivity index (χ2n) is 7.29. The second kappa shape index (κ2) is 8.48. The first-order valence-corrected chi connectivity index (χ1v) is 9.87. The van der Waals surface area contributed by atoms with Crippen molar-refractivity contribution in [1.29, 1.82) is 0 Å². The molecule has 0 aliphatic carbocycles. The molecular weight excluding hydrogens is 352 g/mol. The lowest BCUT2D eigenvalue weighted by atomic mass is 10.1. The third-order valence-electron chi connectivity index (χ3n) is 5.43. The van der Waals surface area contributed by atoms with Gasteiger partial charge in [-0.3, -0.25) is 9.89 Å². The number of aryl methyl sites for hydroxylation is 1. The minimum atomic E-state index is 0.844. The number of piperazine rings is 1. The Labute approximate surface area is 165 Å². The fraction of sp³-hybridized carbons (Fsp3) is 0.429. The quantitative estimate of drug-likeness (QED) is 0.525. The molecule has 3 heterocycles. The zero-order chi connectivity index (χ0) is 19.3. The molecule has 1 fully saturated rings. The molecule has 148 valence electrons. The van der Waals surface area contributed by atoms with Crippen LogP contribution in [-0.4, -0.2) is 65.7 Å². The number of aromatic nitrogens is 2. The van der Waals surface area contributed by atoms with E-state index in [1.807, 2.05) is 13.1 Å². The van der Waals surface area contributed by atoms with E-state index in [9.17, 15) is 0 Å². The number of aliphatic imine (C=N–C) groups is 1. The van der Waals surface area contributed by atoms with Gasteiger partial charge in [-0.15, -0.1) is 0 Å². The van der Waals surface area contributed by atoms with Crippen LogP contribution < -0.4 is 5.32 Å². The highest BCUT2D eigenvalue weighted by atomic mass is 16.5. The van der Waals surface area contributed by atoms with Crippen molar-refractivity contribution < 1.29 is 4.52 Å². The van der Waals surface area contributed by atoms with Crippen LogP contribution in [0.5, 0.6) is 0 Å². The van der Waals surface area contributed by atoms with Crippen LogP contribution >= 0.6 is 0 Å². The van der Waals surface area contributed by atoms with E-state index in [-0.39, 0.29) is 0 Å². The van der Waals surface area contributed by atoms with Crippen molar-refractivity contribution in [2.75, 3.05) is 39.8 Å². The summed E-state index contributed by atoms with van der Waals surface area (Å²) in [6, 6.07) is 8.33. The van der Waals surface area contributed by atoms with Crippen molar-refractivity contribution in [3.8, 4) is 0 Å². The zero-order valence-electron chi connectivity index (χ0n) is 16.6. The van der Waals surface area contributed by atoms with Gasteiger partial charge in [0.2, 0.25) is 0 Å². The van der Waals surface area contributed by atoms with Crippen LogP contribution in [0.1, 0.15) is 16.8 Å². The number of rotatable bonds is 5. The molecule has 1 saturated heterocycles. The zero-order valence-corrected chi connectivity index (χ0v) is 16.6. The van der Waals surface area contributed by atoms with Crippen LogP contribution in [0.15, 0.2) is 46.2 Å². The van der Waals surface area contributed by atoms with E-state index in [1.165, 1.54) is 22.0 Å². The number of aromatic amines is 1. The standard InChI is InChI=1S/C21H28N6O/c1-16-4-3-5-19-20(16)17(14-24-19)6-8-23-21(22-2)27-11-9-26(10-12-27)15-18-7-13-28-25-18/h3-5,7,13-14,24H,6,8-12,15H2,1-2H3,(H,22,23). The number of guanidine groups is 1. The maximum atomic E-state index is 4.92. The normalized spacial score (nSPS) is 16.1. The summed E-state index contributed by atoms with van der Waals surface area (Å²) in [4.78, 5) is 12.6. The van der Waals surface area contributed by atoms with Gasteiger partial charge in [0.1, 0.15) is 6.26 Å². The van der Waals surface area contributed by atoms with Gasteiger partial charge in [-0.25, -0.2) is 0 Å². The Hall–Kier alpha value is -2.80. The maximum absolute atomic E-state index is 4.92. The van der Waals surface area contributed by atoms with Crippen LogP contribution in [-0.2, 0) is 13.0 Å². The molecule has 2 aromatic heterocycles. The van der Waals surface area contributed by atoms with Gasteiger partial charge >= 0.3 is 0 Å². The van der Waals surface area contributed by atoms with Gasteiger partial charge in [-0.2, -0.15) is 0 Å². The highest BCUT2D eigenvalue weighted by Gasteiger charge is 2.20. The summed E-state index contributed by atoms with van der Waals surface area (Å²) in [6.07, 6.45) is 4.73. The SMILES string of the molecule is CN=C(NCCc1c[nH]c2cccc(C)c12)N1CCN(Cc2ccon2)CC1. The van der Waals surface area contributed by atoms with Crippen LogP contribution in [0.4, 0.5) is 0 Å². The molecule has 7 nitrogen and oxygen atoms in total. The molecule has 0 amide bonds. The molecule has 4 rings (SSSR count). The van der Waals surface area contributed by atoms with Gasteiger partial charge in [-0.1, -0.05) is 17.3 Å². The van der Waals surface area contributed by atoms with Crippen LogP contribution in [0.25, 0.3) is 10.9 Å². The molecule has 0 saturated carbocycles. The van der Waals surface area contributed by atoms with Gasteiger partial charge in [0.15, 0.2) is 5.96 Å². The van der Waals surface area contributed by atoms with Crippen molar-refractivity contribution in [3.05, 3.63) is 53.5 Å². The lowest BCUT2D eigenvalue weighted by molar-refractivity contribution is 0.169. The lowest BCUT2D eigenvalue weighted by Gasteiger charge is -2.36. The molecule has 0 spiro atoms. The lowest BCUT2D eigenvalue weighted by Crippen LogP contribution is -2.52. The van der Waals surface area contributed by atoms with E-state index in [2.05, 4.69) is 61.6 Å². The molecule has 3 aromatic rings.